The van der Waals surface area contributed by atoms with E-state index in [0.717, 1.165) is 18.4 Å². The van der Waals surface area contributed by atoms with E-state index in [1.54, 1.807) is 48.5 Å². The summed E-state index contributed by atoms with van der Waals surface area (Å²) in [5.74, 6) is -0.812. The summed E-state index contributed by atoms with van der Waals surface area (Å²) < 4.78 is 10.3. The molecule has 1 heterocycles. The van der Waals surface area contributed by atoms with Gasteiger partial charge in [0, 0.05) is 18.6 Å². The lowest BCUT2D eigenvalue weighted by molar-refractivity contribution is -0.131. The van der Waals surface area contributed by atoms with Gasteiger partial charge in [0.1, 0.15) is 5.75 Å². The summed E-state index contributed by atoms with van der Waals surface area (Å²) in [5.41, 5.74) is 2.33. The van der Waals surface area contributed by atoms with E-state index in [4.69, 9.17) is 9.47 Å². The van der Waals surface area contributed by atoms with Crippen molar-refractivity contribution < 1.29 is 23.9 Å². The second-order valence-electron chi connectivity index (χ2n) is 6.53. The summed E-state index contributed by atoms with van der Waals surface area (Å²) in [4.78, 5) is 36.1. The molecule has 2 aromatic carbocycles. The van der Waals surface area contributed by atoms with Gasteiger partial charge in [-0.2, -0.15) is 0 Å². The van der Waals surface area contributed by atoms with Crippen molar-refractivity contribution in [1.29, 1.82) is 0 Å². The van der Waals surface area contributed by atoms with Gasteiger partial charge in [0.25, 0.3) is 5.91 Å². The van der Waals surface area contributed by atoms with Crippen LogP contribution in [0.3, 0.4) is 0 Å². The zero-order valence-electron chi connectivity index (χ0n) is 16.1. The fourth-order valence-corrected chi connectivity index (χ4v) is 2.89. The Kier molecular flexibility index (Phi) is 6.76. The molecule has 1 aliphatic rings. The maximum absolute atomic E-state index is 12.6. The first-order valence-electron chi connectivity index (χ1n) is 9.28. The zero-order valence-corrected chi connectivity index (χ0v) is 16.1. The lowest BCUT2D eigenvalue weighted by Gasteiger charge is -2.15. The maximum atomic E-state index is 12.6. The van der Waals surface area contributed by atoms with Crippen molar-refractivity contribution in [3.63, 3.8) is 0 Å². The van der Waals surface area contributed by atoms with Crippen molar-refractivity contribution in [2.45, 2.75) is 19.8 Å². The zero-order chi connectivity index (χ0) is 20.6. The van der Waals surface area contributed by atoms with Crippen LogP contribution < -0.4 is 15.4 Å². The van der Waals surface area contributed by atoms with E-state index in [-0.39, 0.29) is 17.6 Å². The van der Waals surface area contributed by atoms with Crippen LogP contribution in [0.25, 0.3) is 0 Å². The van der Waals surface area contributed by atoms with Crippen molar-refractivity contribution in [1.82, 2.24) is 0 Å². The smallest absolute Gasteiger partial charge is 0.308 e. The molecule has 1 fully saturated rings. The number of carbonyl (C=O) groups excluding carboxylic acids is 3. The molecule has 29 heavy (non-hydrogen) atoms. The highest BCUT2D eigenvalue weighted by Crippen LogP contribution is 2.23. The number of amides is 2. The Bertz CT molecular complexity index is 944. The van der Waals surface area contributed by atoms with Crippen LogP contribution in [0.5, 0.6) is 5.75 Å². The van der Waals surface area contributed by atoms with Gasteiger partial charge in [0.05, 0.1) is 24.6 Å². The molecule has 2 N–H and O–H groups in total. The van der Waals surface area contributed by atoms with Crippen LogP contribution in [0.1, 0.15) is 30.1 Å². The van der Waals surface area contributed by atoms with Gasteiger partial charge in [0.2, 0.25) is 5.91 Å². The molecule has 0 unspecified atom stereocenters. The van der Waals surface area contributed by atoms with E-state index in [2.05, 4.69) is 10.6 Å². The molecule has 0 saturated carbocycles. The molecule has 0 bridgehead atoms. The van der Waals surface area contributed by atoms with Gasteiger partial charge in [-0.3, -0.25) is 14.4 Å². The molecule has 7 nitrogen and oxygen atoms in total. The maximum Gasteiger partial charge on any atom is 0.308 e. The Balaban J connectivity index is 1.71. The second-order valence-corrected chi connectivity index (χ2v) is 6.53. The van der Waals surface area contributed by atoms with E-state index < -0.39 is 5.97 Å². The van der Waals surface area contributed by atoms with Gasteiger partial charge in [0.15, 0.2) is 0 Å². The van der Waals surface area contributed by atoms with Crippen molar-refractivity contribution in [3.05, 3.63) is 65.7 Å². The predicted octanol–water partition coefficient (Wildman–Crippen LogP) is 3.54. The normalized spacial score (nSPS) is 13.3. The molecule has 1 aliphatic heterocycles. The minimum atomic E-state index is -0.464. The van der Waals surface area contributed by atoms with Gasteiger partial charge in [-0.1, -0.05) is 23.8 Å². The van der Waals surface area contributed by atoms with E-state index in [1.165, 1.54) is 13.0 Å². The first-order chi connectivity index (χ1) is 14.0. The summed E-state index contributed by atoms with van der Waals surface area (Å²) in [6, 6.07) is 13.3. The van der Waals surface area contributed by atoms with Gasteiger partial charge in [-0.15, -0.1) is 0 Å². The number of hydrogen-bond donors (Lipinski definition) is 2. The number of hydrogen-bond acceptors (Lipinski definition) is 5. The van der Waals surface area contributed by atoms with Gasteiger partial charge in [-0.25, -0.2) is 0 Å². The molecule has 7 heteroatoms. The largest absolute Gasteiger partial charge is 0.427 e. The Morgan fingerprint density at radius 2 is 1.66 bits per heavy atom. The van der Waals surface area contributed by atoms with Gasteiger partial charge >= 0.3 is 5.97 Å². The molecule has 0 spiro atoms. The summed E-state index contributed by atoms with van der Waals surface area (Å²) in [6.07, 6.45) is 3.07. The number of para-hydroxylation sites is 2. The number of anilines is 2. The standard InChI is InChI=1S/C22H22N2O5/c1-15(25)29-18-6-4-5-17(14-18)22(27)24-20-8-3-2-7-19(20)23-21(26)13-16-9-11-28-12-10-16/h2-8,13-14H,9-12H2,1H3,(H,23,26)(H,24,27). The van der Waals surface area contributed by atoms with Crippen molar-refractivity contribution in [2.75, 3.05) is 23.8 Å². The molecule has 0 aliphatic carbocycles. The van der Waals surface area contributed by atoms with Crippen LogP contribution in [-0.4, -0.2) is 31.0 Å². The lowest BCUT2D eigenvalue weighted by Crippen LogP contribution is -2.16. The van der Waals surface area contributed by atoms with E-state index in [0.29, 0.717) is 30.2 Å². The average Bonchev–Trinajstić information content (AvgIpc) is 2.70. The first kappa shape index (κ1) is 20.3. The molecular weight excluding hydrogens is 372 g/mol. The van der Waals surface area contributed by atoms with Crippen LogP contribution in [0.15, 0.2) is 60.2 Å². The van der Waals surface area contributed by atoms with Crippen LogP contribution in [0, 0.1) is 0 Å². The van der Waals surface area contributed by atoms with Crippen molar-refractivity contribution in [3.8, 4) is 5.75 Å². The predicted molar refractivity (Wildman–Crippen MR) is 109 cm³/mol. The van der Waals surface area contributed by atoms with Crippen molar-refractivity contribution in [2.24, 2.45) is 0 Å². The molecular formula is C22H22N2O5. The summed E-state index contributed by atoms with van der Waals surface area (Å²) in [5, 5.41) is 5.59. The average molecular weight is 394 g/mol. The highest BCUT2D eigenvalue weighted by atomic mass is 16.5. The Labute approximate surface area is 168 Å². The quantitative estimate of drug-likeness (QED) is 0.460. The highest BCUT2D eigenvalue weighted by molar-refractivity contribution is 6.08. The van der Waals surface area contributed by atoms with Crippen molar-refractivity contribution >= 4 is 29.2 Å². The molecule has 1 saturated heterocycles. The van der Waals surface area contributed by atoms with Crippen LogP contribution in [0.2, 0.25) is 0 Å². The number of benzene rings is 2. The number of carbonyl (C=O) groups is 3. The molecule has 0 aromatic heterocycles. The van der Waals surface area contributed by atoms with Gasteiger partial charge in [-0.05, 0) is 43.2 Å². The van der Waals surface area contributed by atoms with Crippen LogP contribution in [0.4, 0.5) is 11.4 Å². The number of nitrogens with one attached hydrogen (secondary N) is 2. The fourth-order valence-electron chi connectivity index (χ4n) is 2.89. The highest BCUT2D eigenvalue weighted by Gasteiger charge is 2.13. The monoisotopic (exact) mass is 394 g/mol. The number of rotatable bonds is 5. The Morgan fingerprint density at radius 1 is 0.966 bits per heavy atom. The van der Waals surface area contributed by atoms with E-state index in [9.17, 15) is 14.4 Å². The second kappa shape index (κ2) is 9.66. The molecule has 2 amide bonds. The molecule has 150 valence electrons. The third-order valence-electron chi connectivity index (χ3n) is 4.26. The van der Waals surface area contributed by atoms with E-state index in [1.807, 2.05) is 0 Å². The van der Waals surface area contributed by atoms with Crippen LogP contribution in [-0.2, 0) is 14.3 Å². The number of esters is 1. The minimum absolute atomic E-state index is 0.250. The Hall–Kier alpha value is -3.45. The third-order valence-corrected chi connectivity index (χ3v) is 4.26. The lowest BCUT2D eigenvalue weighted by atomic mass is 10.1. The molecule has 3 rings (SSSR count). The SMILES string of the molecule is CC(=O)Oc1cccc(C(=O)Nc2ccccc2NC(=O)C=C2CCOCC2)c1. The fraction of sp³-hybridized carbons (Fsp3) is 0.227. The van der Waals surface area contributed by atoms with Gasteiger partial charge < -0.3 is 20.1 Å². The molecule has 0 radical (unpaired) electrons. The Morgan fingerprint density at radius 3 is 2.34 bits per heavy atom. The first-order valence-corrected chi connectivity index (χ1v) is 9.28. The molecule has 2 aromatic rings. The summed E-state index contributed by atoms with van der Waals surface area (Å²) in [6.45, 7) is 2.54. The van der Waals surface area contributed by atoms with E-state index >= 15 is 0 Å². The van der Waals surface area contributed by atoms with Crippen LogP contribution >= 0.6 is 0 Å². The summed E-state index contributed by atoms with van der Waals surface area (Å²) >= 11 is 0. The number of ether oxygens (including phenoxy) is 2. The summed E-state index contributed by atoms with van der Waals surface area (Å²) in [7, 11) is 0. The minimum Gasteiger partial charge on any atom is -0.427 e. The molecule has 0 atom stereocenters. The third kappa shape index (κ3) is 6.02. The topological polar surface area (TPSA) is 93.7 Å².